The smallest absolute Gasteiger partial charge is 0.195 e. The molecule has 0 amide bonds. The van der Waals surface area contributed by atoms with E-state index in [0.717, 1.165) is 17.8 Å². The van der Waals surface area contributed by atoms with Crippen molar-refractivity contribution in [3.63, 3.8) is 0 Å². The van der Waals surface area contributed by atoms with Crippen LogP contribution < -0.4 is 0 Å². The Labute approximate surface area is 86.4 Å². The fraction of sp³-hybridized carbons (Fsp3) is 0.375. The van der Waals surface area contributed by atoms with Gasteiger partial charge >= 0.3 is 0 Å². The summed E-state index contributed by atoms with van der Waals surface area (Å²) in [4.78, 5) is 0. The molecule has 6 heteroatoms. The minimum Gasteiger partial charge on any atom is -0.302 e. The minimum absolute atomic E-state index is 0.633. The molecule has 2 heterocycles. The number of hydrogen-bond donors (Lipinski definition) is 1. The van der Waals surface area contributed by atoms with E-state index in [0.29, 0.717) is 4.77 Å². The van der Waals surface area contributed by atoms with Crippen LogP contribution >= 0.6 is 12.2 Å². The zero-order valence-electron chi connectivity index (χ0n) is 8.06. The van der Waals surface area contributed by atoms with E-state index in [1.54, 1.807) is 6.33 Å². The lowest BCUT2D eigenvalue weighted by atomic mass is 10.2. The molecule has 0 spiro atoms. The summed E-state index contributed by atoms with van der Waals surface area (Å²) < 4.78 is 4.35. The van der Waals surface area contributed by atoms with Crippen molar-refractivity contribution in [3.8, 4) is 0 Å². The summed E-state index contributed by atoms with van der Waals surface area (Å²) in [5.74, 6) is 0. The second-order valence-electron chi connectivity index (χ2n) is 3.17. The van der Waals surface area contributed by atoms with Crippen LogP contribution in [0.4, 0.5) is 0 Å². The molecular formula is C8H11N5S. The van der Waals surface area contributed by atoms with Crippen molar-refractivity contribution in [2.75, 3.05) is 0 Å². The first-order valence-corrected chi connectivity index (χ1v) is 4.66. The van der Waals surface area contributed by atoms with Gasteiger partial charge in [-0.15, -0.1) is 0 Å². The van der Waals surface area contributed by atoms with E-state index in [-0.39, 0.29) is 0 Å². The van der Waals surface area contributed by atoms with Crippen LogP contribution in [0.3, 0.4) is 0 Å². The summed E-state index contributed by atoms with van der Waals surface area (Å²) in [6, 6.07) is 0. The SMILES string of the molecule is Cc1c(Cn2cn[nH]c2=S)cnn1C. The van der Waals surface area contributed by atoms with Gasteiger partial charge in [0.25, 0.3) is 0 Å². The summed E-state index contributed by atoms with van der Waals surface area (Å²) in [6.45, 7) is 2.75. The van der Waals surface area contributed by atoms with Crippen molar-refractivity contribution in [3.05, 3.63) is 28.6 Å². The summed E-state index contributed by atoms with van der Waals surface area (Å²) in [7, 11) is 1.92. The largest absolute Gasteiger partial charge is 0.302 e. The fourth-order valence-corrected chi connectivity index (χ4v) is 1.43. The number of rotatable bonds is 2. The molecule has 2 rings (SSSR count). The molecule has 0 unspecified atom stereocenters. The van der Waals surface area contributed by atoms with E-state index in [2.05, 4.69) is 15.3 Å². The van der Waals surface area contributed by atoms with Crippen LogP contribution in [0.5, 0.6) is 0 Å². The molecule has 14 heavy (non-hydrogen) atoms. The van der Waals surface area contributed by atoms with E-state index >= 15 is 0 Å². The Morgan fingerprint density at radius 1 is 1.57 bits per heavy atom. The fourth-order valence-electron chi connectivity index (χ4n) is 1.27. The van der Waals surface area contributed by atoms with Crippen LogP contribution in [0.25, 0.3) is 0 Å². The normalized spacial score (nSPS) is 10.7. The Balaban J connectivity index is 2.32. The summed E-state index contributed by atoms with van der Waals surface area (Å²) in [5.41, 5.74) is 2.30. The first kappa shape index (κ1) is 9.14. The quantitative estimate of drug-likeness (QED) is 0.752. The van der Waals surface area contributed by atoms with Crippen LogP contribution in [0.1, 0.15) is 11.3 Å². The van der Waals surface area contributed by atoms with Crippen LogP contribution in [-0.4, -0.2) is 24.5 Å². The molecule has 0 aliphatic heterocycles. The molecule has 0 aliphatic carbocycles. The highest BCUT2D eigenvalue weighted by Gasteiger charge is 2.04. The molecule has 0 bridgehead atoms. The molecule has 2 aromatic heterocycles. The molecule has 74 valence electrons. The number of nitrogens with one attached hydrogen (secondary N) is 1. The number of aromatic amines is 1. The lowest BCUT2D eigenvalue weighted by Gasteiger charge is -2.00. The minimum atomic E-state index is 0.633. The van der Waals surface area contributed by atoms with Gasteiger partial charge in [0, 0.05) is 18.3 Å². The van der Waals surface area contributed by atoms with Gasteiger partial charge in [-0.3, -0.25) is 9.78 Å². The van der Waals surface area contributed by atoms with Gasteiger partial charge in [-0.05, 0) is 19.1 Å². The monoisotopic (exact) mass is 209 g/mol. The second-order valence-corrected chi connectivity index (χ2v) is 3.55. The van der Waals surface area contributed by atoms with Crippen LogP contribution in [-0.2, 0) is 13.6 Å². The summed E-state index contributed by atoms with van der Waals surface area (Å²) in [5, 5.41) is 10.7. The molecule has 0 atom stereocenters. The highest BCUT2D eigenvalue weighted by molar-refractivity contribution is 7.71. The topological polar surface area (TPSA) is 51.4 Å². The molecule has 0 radical (unpaired) electrons. The molecule has 0 aliphatic rings. The van der Waals surface area contributed by atoms with Crippen molar-refractivity contribution >= 4 is 12.2 Å². The van der Waals surface area contributed by atoms with E-state index in [1.165, 1.54) is 0 Å². The molecule has 0 saturated carbocycles. The van der Waals surface area contributed by atoms with Gasteiger partial charge in [-0.25, -0.2) is 0 Å². The summed E-state index contributed by atoms with van der Waals surface area (Å²) >= 11 is 5.05. The van der Waals surface area contributed by atoms with Crippen molar-refractivity contribution in [2.24, 2.45) is 7.05 Å². The van der Waals surface area contributed by atoms with Gasteiger partial charge in [-0.1, -0.05) is 0 Å². The van der Waals surface area contributed by atoms with Crippen molar-refractivity contribution in [2.45, 2.75) is 13.5 Å². The van der Waals surface area contributed by atoms with Gasteiger partial charge in [0.2, 0.25) is 0 Å². The lowest BCUT2D eigenvalue weighted by molar-refractivity contribution is 0.729. The molecule has 2 aromatic rings. The standard InChI is InChI=1S/C8H11N5S/c1-6-7(3-10-12(6)2)4-13-5-9-11-8(13)14/h3,5H,4H2,1-2H3,(H,11,14). The van der Waals surface area contributed by atoms with Crippen LogP contribution in [0.2, 0.25) is 0 Å². The zero-order chi connectivity index (χ0) is 10.1. The average molecular weight is 209 g/mol. The van der Waals surface area contributed by atoms with Gasteiger partial charge < -0.3 is 4.57 Å². The van der Waals surface area contributed by atoms with E-state index in [9.17, 15) is 0 Å². The van der Waals surface area contributed by atoms with Gasteiger partial charge in [0.05, 0.1) is 12.7 Å². The number of H-pyrrole nitrogens is 1. The van der Waals surface area contributed by atoms with E-state index in [1.807, 2.05) is 29.4 Å². The maximum Gasteiger partial charge on any atom is 0.195 e. The van der Waals surface area contributed by atoms with Gasteiger partial charge in [0.1, 0.15) is 6.33 Å². The zero-order valence-corrected chi connectivity index (χ0v) is 8.88. The van der Waals surface area contributed by atoms with E-state index < -0.39 is 0 Å². The van der Waals surface area contributed by atoms with Crippen molar-refractivity contribution < 1.29 is 0 Å². The Hall–Kier alpha value is -1.43. The first-order chi connectivity index (χ1) is 6.68. The molecule has 0 aromatic carbocycles. The molecule has 5 nitrogen and oxygen atoms in total. The highest BCUT2D eigenvalue weighted by atomic mass is 32.1. The molecule has 0 fully saturated rings. The average Bonchev–Trinajstić information content (AvgIpc) is 2.68. The maximum absolute atomic E-state index is 5.05. The molecule has 0 saturated heterocycles. The number of hydrogen-bond acceptors (Lipinski definition) is 3. The predicted octanol–water partition coefficient (Wildman–Crippen LogP) is 1.03. The third kappa shape index (κ3) is 1.48. The van der Waals surface area contributed by atoms with E-state index in [4.69, 9.17) is 12.2 Å². The van der Waals surface area contributed by atoms with Crippen LogP contribution in [0.15, 0.2) is 12.5 Å². The van der Waals surface area contributed by atoms with Crippen molar-refractivity contribution in [1.29, 1.82) is 0 Å². The number of aromatic nitrogens is 5. The predicted molar refractivity (Wildman–Crippen MR) is 54.5 cm³/mol. The summed E-state index contributed by atoms with van der Waals surface area (Å²) in [6.07, 6.45) is 3.54. The van der Waals surface area contributed by atoms with Gasteiger partial charge in [0.15, 0.2) is 4.77 Å². The number of nitrogens with zero attached hydrogens (tertiary/aromatic N) is 4. The lowest BCUT2D eigenvalue weighted by Crippen LogP contribution is -2.00. The highest BCUT2D eigenvalue weighted by Crippen LogP contribution is 2.07. The Kier molecular flexibility index (Phi) is 2.20. The maximum atomic E-state index is 5.05. The Morgan fingerprint density at radius 3 is 2.86 bits per heavy atom. The number of aryl methyl sites for hydroxylation is 1. The van der Waals surface area contributed by atoms with Crippen LogP contribution in [0, 0.1) is 11.7 Å². The second kappa shape index (κ2) is 3.38. The van der Waals surface area contributed by atoms with Crippen molar-refractivity contribution in [1.82, 2.24) is 24.5 Å². The first-order valence-electron chi connectivity index (χ1n) is 4.26. The molecule has 1 N–H and O–H groups in total. The van der Waals surface area contributed by atoms with Gasteiger partial charge in [-0.2, -0.15) is 10.2 Å². The Bertz CT molecular complexity index is 492. The third-order valence-electron chi connectivity index (χ3n) is 2.30. The molecular weight excluding hydrogens is 198 g/mol. The Morgan fingerprint density at radius 2 is 2.36 bits per heavy atom. The third-order valence-corrected chi connectivity index (χ3v) is 2.62.